The van der Waals surface area contributed by atoms with Crippen LogP contribution < -0.4 is 20.3 Å². The molecule has 1 aliphatic heterocycles. The van der Waals surface area contributed by atoms with Crippen molar-refractivity contribution in [3.8, 4) is 11.4 Å². The molecule has 0 unspecified atom stereocenters. The molecule has 2 N–H and O–H groups in total. The number of aryl methyl sites for hydroxylation is 1. The van der Waals surface area contributed by atoms with Gasteiger partial charge in [-0.15, -0.1) is 0 Å². The van der Waals surface area contributed by atoms with E-state index >= 15 is 0 Å². The number of amides is 1. The molecule has 200 valence electrons. The molecule has 1 saturated heterocycles. The maximum absolute atomic E-state index is 12.7. The van der Waals surface area contributed by atoms with E-state index in [9.17, 15) is 4.79 Å². The third-order valence-electron chi connectivity index (χ3n) is 6.89. The zero-order valence-electron chi connectivity index (χ0n) is 22.8. The Morgan fingerprint density at radius 1 is 1.03 bits per heavy atom. The Balaban J connectivity index is 1.60. The molecule has 7 nitrogen and oxygen atoms in total. The van der Waals surface area contributed by atoms with Gasteiger partial charge in [0, 0.05) is 40.9 Å². The van der Waals surface area contributed by atoms with Crippen LogP contribution in [0.15, 0.2) is 85.2 Å². The summed E-state index contributed by atoms with van der Waals surface area (Å²) in [5.41, 5.74) is 5.15. The Morgan fingerprint density at radius 2 is 1.77 bits per heavy atom. The number of methoxy groups -OCH3 is 1. The van der Waals surface area contributed by atoms with Crippen molar-refractivity contribution >= 4 is 34.6 Å². The Kier molecular flexibility index (Phi) is 7.14. The number of hydrogen-bond donors (Lipinski definition) is 2. The van der Waals surface area contributed by atoms with Crippen molar-refractivity contribution < 1.29 is 9.53 Å². The van der Waals surface area contributed by atoms with Gasteiger partial charge in [0.05, 0.1) is 24.5 Å². The lowest BCUT2D eigenvalue weighted by Crippen LogP contribution is -2.30. The minimum atomic E-state index is -0.535. The van der Waals surface area contributed by atoms with Gasteiger partial charge in [-0.05, 0) is 67.7 Å². The van der Waals surface area contributed by atoms with Crippen molar-refractivity contribution in [3.63, 3.8) is 0 Å². The standard InChI is InChI=1S/C31H33N5O2S/c1-20-11-13-21(14-12-20)35-18-8-10-25(35)28-27(24-9-6-7-17-32-24)34-30(39)36(28)22-15-16-23(26(19-22)38-5)33-29(37)31(2,3)4/h6-19,27-28H,1-5H3,(H,33,37)(H,34,39)/t27-,28-/m0/s1. The predicted octanol–water partition coefficient (Wildman–Crippen LogP) is 6.35. The van der Waals surface area contributed by atoms with Crippen molar-refractivity contribution in [2.45, 2.75) is 39.8 Å². The number of hydrogen-bond acceptors (Lipinski definition) is 4. The van der Waals surface area contributed by atoms with Crippen LogP contribution in [0.1, 0.15) is 49.8 Å². The monoisotopic (exact) mass is 539 g/mol. The highest BCUT2D eigenvalue weighted by Gasteiger charge is 2.42. The molecule has 2 aromatic carbocycles. The molecule has 0 spiro atoms. The Hall–Kier alpha value is -4.17. The summed E-state index contributed by atoms with van der Waals surface area (Å²) in [6.45, 7) is 7.72. The first kappa shape index (κ1) is 26.4. The van der Waals surface area contributed by atoms with Crippen molar-refractivity contribution in [3.05, 3.63) is 102 Å². The van der Waals surface area contributed by atoms with E-state index in [1.807, 2.05) is 57.2 Å². The summed E-state index contributed by atoms with van der Waals surface area (Å²) in [7, 11) is 1.60. The molecule has 1 amide bonds. The number of rotatable bonds is 6. The molecular formula is C31H33N5O2S. The highest BCUT2D eigenvalue weighted by molar-refractivity contribution is 7.80. The quantitative estimate of drug-likeness (QED) is 0.278. The first-order valence-electron chi connectivity index (χ1n) is 12.9. The number of pyridine rings is 1. The topological polar surface area (TPSA) is 71.4 Å². The minimum absolute atomic E-state index is 0.0871. The van der Waals surface area contributed by atoms with Crippen molar-refractivity contribution in [1.29, 1.82) is 0 Å². The zero-order chi connectivity index (χ0) is 27.7. The number of aromatic nitrogens is 2. The normalized spacial score (nSPS) is 17.2. The molecule has 3 heterocycles. The molecule has 4 aromatic rings. The summed E-state index contributed by atoms with van der Waals surface area (Å²) < 4.78 is 7.91. The smallest absolute Gasteiger partial charge is 0.229 e. The number of thiocarbonyl (C=S) groups is 1. The second kappa shape index (κ2) is 10.5. The lowest BCUT2D eigenvalue weighted by molar-refractivity contribution is -0.123. The second-order valence-electron chi connectivity index (χ2n) is 10.7. The first-order valence-corrected chi connectivity index (χ1v) is 13.3. The zero-order valence-corrected chi connectivity index (χ0v) is 23.6. The lowest BCUT2D eigenvalue weighted by Gasteiger charge is -2.29. The van der Waals surface area contributed by atoms with Crippen LogP contribution in [0.25, 0.3) is 5.69 Å². The fourth-order valence-corrected chi connectivity index (χ4v) is 5.10. The Morgan fingerprint density at radius 3 is 2.44 bits per heavy atom. The van der Waals surface area contributed by atoms with Gasteiger partial charge in [-0.3, -0.25) is 9.78 Å². The van der Waals surface area contributed by atoms with Crippen molar-refractivity contribution in [1.82, 2.24) is 14.9 Å². The van der Waals surface area contributed by atoms with E-state index in [1.54, 1.807) is 13.3 Å². The van der Waals surface area contributed by atoms with E-state index in [0.29, 0.717) is 16.5 Å². The van der Waals surface area contributed by atoms with Gasteiger partial charge < -0.3 is 24.8 Å². The molecule has 0 bridgehead atoms. The average Bonchev–Trinajstić information content (AvgIpc) is 3.53. The molecule has 2 atom stereocenters. The highest BCUT2D eigenvalue weighted by Crippen LogP contribution is 2.44. The van der Waals surface area contributed by atoms with Crippen LogP contribution >= 0.6 is 12.2 Å². The molecule has 1 aliphatic rings. The highest BCUT2D eigenvalue weighted by atomic mass is 32.1. The molecule has 8 heteroatoms. The van der Waals surface area contributed by atoms with Crippen molar-refractivity contribution in [2.75, 3.05) is 17.3 Å². The van der Waals surface area contributed by atoms with Crippen LogP contribution in [-0.4, -0.2) is 27.7 Å². The van der Waals surface area contributed by atoms with Crippen LogP contribution in [-0.2, 0) is 4.79 Å². The van der Waals surface area contributed by atoms with Gasteiger partial charge in [0.2, 0.25) is 5.91 Å². The minimum Gasteiger partial charge on any atom is -0.494 e. The average molecular weight is 540 g/mol. The summed E-state index contributed by atoms with van der Waals surface area (Å²) in [5.74, 6) is 0.470. The lowest BCUT2D eigenvalue weighted by atomic mass is 9.95. The summed E-state index contributed by atoms with van der Waals surface area (Å²) in [6.07, 6.45) is 3.87. The van der Waals surface area contributed by atoms with Gasteiger partial charge in [-0.2, -0.15) is 0 Å². The molecule has 0 radical (unpaired) electrons. The van der Waals surface area contributed by atoms with Gasteiger partial charge in [0.1, 0.15) is 11.8 Å². The summed E-state index contributed by atoms with van der Waals surface area (Å²) >= 11 is 5.93. The second-order valence-corrected chi connectivity index (χ2v) is 11.1. The van der Waals surface area contributed by atoms with Crippen LogP contribution in [0.2, 0.25) is 0 Å². The first-order chi connectivity index (χ1) is 18.7. The number of nitrogens with zero attached hydrogens (tertiary/aromatic N) is 3. The number of carbonyl (C=O) groups is 1. The Labute approximate surface area is 234 Å². The van der Waals surface area contributed by atoms with E-state index in [2.05, 4.69) is 74.6 Å². The van der Waals surface area contributed by atoms with Gasteiger partial charge in [0.15, 0.2) is 5.11 Å². The molecule has 5 rings (SSSR count). The van der Waals surface area contributed by atoms with Crippen LogP contribution in [0.5, 0.6) is 5.75 Å². The predicted molar refractivity (Wildman–Crippen MR) is 160 cm³/mol. The van der Waals surface area contributed by atoms with E-state index in [4.69, 9.17) is 17.0 Å². The third kappa shape index (κ3) is 5.25. The summed E-state index contributed by atoms with van der Waals surface area (Å²) in [5, 5.41) is 7.10. The third-order valence-corrected chi connectivity index (χ3v) is 7.20. The number of ether oxygens (including phenoxy) is 1. The van der Waals surface area contributed by atoms with E-state index < -0.39 is 5.41 Å². The van der Waals surface area contributed by atoms with Gasteiger partial charge in [0.25, 0.3) is 0 Å². The number of carbonyl (C=O) groups excluding carboxylic acids is 1. The Bertz CT molecular complexity index is 1490. The molecule has 0 saturated carbocycles. The molecule has 2 aromatic heterocycles. The maximum atomic E-state index is 12.7. The van der Waals surface area contributed by atoms with Crippen LogP contribution in [0.3, 0.4) is 0 Å². The van der Waals surface area contributed by atoms with Crippen LogP contribution in [0, 0.1) is 12.3 Å². The molecule has 0 aliphatic carbocycles. The van der Waals surface area contributed by atoms with Gasteiger partial charge >= 0.3 is 0 Å². The fraction of sp³-hybridized carbons (Fsp3) is 0.258. The van der Waals surface area contributed by atoms with E-state index in [-0.39, 0.29) is 18.0 Å². The molecule has 1 fully saturated rings. The van der Waals surface area contributed by atoms with Gasteiger partial charge in [-0.25, -0.2) is 0 Å². The van der Waals surface area contributed by atoms with Crippen LogP contribution in [0.4, 0.5) is 11.4 Å². The molecular weight excluding hydrogens is 506 g/mol. The summed E-state index contributed by atoms with van der Waals surface area (Å²) in [6, 6.07) is 23.9. The molecule has 39 heavy (non-hydrogen) atoms. The number of nitrogens with one attached hydrogen (secondary N) is 2. The fourth-order valence-electron chi connectivity index (χ4n) is 4.75. The van der Waals surface area contributed by atoms with Crippen molar-refractivity contribution in [2.24, 2.45) is 5.41 Å². The van der Waals surface area contributed by atoms with E-state index in [0.717, 1.165) is 22.8 Å². The number of anilines is 2. The SMILES string of the molecule is COc1cc(N2C(=S)N[C@@H](c3ccccn3)[C@@H]2c2cccn2-c2ccc(C)cc2)ccc1NC(=O)C(C)(C)C. The number of benzene rings is 2. The largest absolute Gasteiger partial charge is 0.494 e. The summed E-state index contributed by atoms with van der Waals surface area (Å²) in [4.78, 5) is 19.5. The van der Waals surface area contributed by atoms with E-state index in [1.165, 1.54) is 5.56 Å². The van der Waals surface area contributed by atoms with Gasteiger partial charge in [-0.1, -0.05) is 44.5 Å². The maximum Gasteiger partial charge on any atom is 0.229 e.